The average Bonchev–Trinajstić information content (AvgIpc) is 2.99. The third-order valence-electron chi connectivity index (χ3n) is 3.85. The van der Waals surface area contributed by atoms with E-state index in [1.54, 1.807) is 11.1 Å². The standard InChI is InChI=1S/C18H21N5OS/c1-12-9-13(2)16-15(10-12)25-18(21-16)23(8-7-22(3)4)17(24)14-11-19-5-6-20-14/h5-6,9-11H,7-8H2,1-4H3. The molecule has 0 radical (unpaired) electrons. The van der Waals surface area contributed by atoms with E-state index in [1.165, 1.54) is 29.3 Å². The minimum Gasteiger partial charge on any atom is -0.308 e. The minimum atomic E-state index is -0.177. The van der Waals surface area contributed by atoms with E-state index < -0.39 is 0 Å². The summed E-state index contributed by atoms with van der Waals surface area (Å²) in [6.07, 6.45) is 4.59. The van der Waals surface area contributed by atoms with Gasteiger partial charge in [0.25, 0.3) is 5.91 Å². The number of aryl methyl sites for hydroxylation is 2. The molecule has 7 heteroatoms. The Kier molecular flexibility index (Phi) is 5.06. The summed E-state index contributed by atoms with van der Waals surface area (Å²) in [5.74, 6) is -0.177. The summed E-state index contributed by atoms with van der Waals surface area (Å²) < 4.78 is 1.09. The summed E-state index contributed by atoms with van der Waals surface area (Å²) in [5.41, 5.74) is 3.60. The van der Waals surface area contributed by atoms with Gasteiger partial charge in [-0.2, -0.15) is 0 Å². The lowest BCUT2D eigenvalue weighted by Gasteiger charge is -2.21. The molecule has 3 aromatic rings. The molecule has 0 saturated carbocycles. The highest BCUT2D eigenvalue weighted by Gasteiger charge is 2.23. The summed E-state index contributed by atoms with van der Waals surface area (Å²) in [4.78, 5) is 29.6. The van der Waals surface area contributed by atoms with Crippen LogP contribution in [-0.4, -0.2) is 52.9 Å². The SMILES string of the molecule is Cc1cc(C)c2nc(N(CCN(C)C)C(=O)c3cnccn3)sc2c1. The average molecular weight is 355 g/mol. The predicted molar refractivity (Wildman–Crippen MR) is 101 cm³/mol. The fourth-order valence-corrected chi connectivity index (χ4v) is 3.77. The van der Waals surface area contributed by atoms with E-state index in [0.717, 1.165) is 22.3 Å². The van der Waals surface area contributed by atoms with Gasteiger partial charge in [0.05, 0.1) is 16.4 Å². The number of thiazole rings is 1. The molecule has 0 aliphatic heterocycles. The molecule has 0 saturated heterocycles. The summed E-state index contributed by atoms with van der Waals surface area (Å²) in [6.45, 7) is 5.40. The number of hydrogen-bond acceptors (Lipinski definition) is 6. The first-order chi connectivity index (χ1) is 12.0. The number of carbonyl (C=O) groups is 1. The molecule has 1 amide bonds. The highest BCUT2D eigenvalue weighted by atomic mass is 32.1. The van der Waals surface area contributed by atoms with Gasteiger partial charge in [-0.3, -0.25) is 14.7 Å². The summed E-state index contributed by atoms with van der Waals surface area (Å²) in [7, 11) is 3.97. The van der Waals surface area contributed by atoms with Crippen LogP contribution in [0.3, 0.4) is 0 Å². The molecule has 6 nitrogen and oxygen atoms in total. The number of nitrogens with zero attached hydrogens (tertiary/aromatic N) is 5. The van der Waals surface area contributed by atoms with Gasteiger partial charge >= 0.3 is 0 Å². The third-order valence-corrected chi connectivity index (χ3v) is 4.87. The topological polar surface area (TPSA) is 62.2 Å². The highest BCUT2D eigenvalue weighted by molar-refractivity contribution is 7.22. The lowest BCUT2D eigenvalue weighted by Crippen LogP contribution is -2.37. The van der Waals surface area contributed by atoms with Crippen LogP contribution < -0.4 is 4.90 Å². The molecule has 0 fully saturated rings. The molecule has 0 aliphatic carbocycles. The van der Waals surface area contributed by atoms with Crippen molar-refractivity contribution in [1.82, 2.24) is 19.9 Å². The maximum atomic E-state index is 13.0. The largest absolute Gasteiger partial charge is 0.308 e. The molecule has 0 bridgehead atoms. The number of aromatic nitrogens is 3. The van der Waals surface area contributed by atoms with Gasteiger partial charge in [0.2, 0.25) is 0 Å². The van der Waals surface area contributed by atoms with Crippen LogP contribution in [0.2, 0.25) is 0 Å². The Hall–Kier alpha value is -2.38. The van der Waals surface area contributed by atoms with Crippen LogP contribution in [-0.2, 0) is 0 Å². The maximum absolute atomic E-state index is 13.0. The number of amides is 1. The third kappa shape index (κ3) is 3.83. The van der Waals surface area contributed by atoms with E-state index in [-0.39, 0.29) is 5.91 Å². The molecular formula is C18H21N5OS. The van der Waals surface area contributed by atoms with E-state index >= 15 is 0 Å². The minimum absolute atomic E-state index is 0.177. The number of carbonyl (C=O) groups excluding carboxylic acids is 1. The van der Waals surface area contributed by atoms with Gasteiger partial charge in [0.1, 0.15) is 5.69 Å². The Bertz CT molecular complexity index is 891. The van der Waals surface area contributed by atoms with Gasteiger partial charge in [-0.05, 0) is 45.1 Å². The Balaban J connectivity index is 2.02. The van der Waals surface area contributed by atoms with Crippen molar-refractivity contribution in [2.75, 3.05) is 32.1 Å². The fourth-order valence-electron chi connectivity index (χ4n) is 2.61. The zero-order valence-corrected chi connectivity index (χ0v) is 15.7. The lowest BCUT2D eigenvalue weighted by molar-refractivity contribution is 0.0980. The zero-order chi connectivity index (χ0) is 18.0. The second-order valence-electron chi connectivity index (χ2n) is 6.28. The monoisotopic (exact) mass is 355 g/mol. The second-order valence-corrected chi connectivity index (χ2v) is 7.28. The molecule has 130 valence electrons. The summed E-state index contributed by atoms with van der Waals surface area (Å²) in [6, 6.07) is 4.22. The second kappa shape index (κ2) is 7.25. The van der Waals surface area contributed by atoms with E-state index in [9.17, 15) is 4.79 Å². The number of hydrogen-bond donors (Lipinski definition) is 0. The van der Waals surface area contributed by atoms with Crippen molar-refractivity contribution in [3.8, 4) is 0 Å². The van der Waals surface area contributed by atoms with E-state index in [1.807, 2.05) is 25.9 Å². The Morgan fingerprint density at radius 1 is 1.16 bits per heavy atom. The van der Waals surface area contributed by atoms with Gasteiger partial charge in [0, 0.05) is 25.5 Å². The van der Waals surface area contributed by atoms with Crippen LogP contribution in [0, 0.1) is 13.8 Å². The maximum Gasteiger partial charge on any atom is 0.280 e. The molecule has 2 aromatic heterocycles. The highest BCUT2D eigenvalue weighted by Crippen LogP contribution is 2.32. The van der Waals surface area contributed by atoms with E-state index in [4.69, 9.17) is 4.98 Å². The number of fused-ring (bicyclic) bond motifs is 1. The Morgan fingerprint density at radius 3 is 2.64 bits per heavy atom. The molecule has 1 aromatic carbocycles. The van der Waals surface area contributed by atoms with Gasteiger partial charge in [-0.15, -0.1) is 0 Å². The first-order valence-corrected chi connectivity index (χ1v) is 8.88. The van der Waals surface area contributed by atoms with Crippen molar-refractivity contribution in [2.24, 2.45) is 0 Å². The molecule has 2 heterocycles. The molecule has 0 unspecified atom stereocenters. The summed E-state index contributed by atoms with van der Waals surface area (Å²) >= 11 is 1.54. The zero-order valence-electron chi connectivity index (χ0n) is 14.9. The predicted octanol–water partition coefficient (Wildman–Crippen LogP) is 2.91. The van der Waals surface area contributed by atoms with Crippen molar-refractivity contribution in [3.05, 3.63) is 47.5 Å². The molecule has 3 rings (SSSR count). The first kappa shape index (κ1) is 17.4. The van der Waals surface area contributed by atoms with Crippen LogP contribution in [0.4, 0.5) is 5.13 Å². The van der Waals surface area contributed by atoms with Crippen LogP contribution >= 0.6 is 11.3 Å². The van der Waals surface area contributed by atoms with Gasteiger partial charge in [-0.25, -0.2) is 9.97 Å². The van der Waals surface area contributed by atoms with E-state index in [0.29, 0.717) is 17.4 Å². The molecule has 0 spiro atoms. The number of benzene rings is 1. The lowest BCUT2D eigenvalue weighted by atomic mass is 10.1. The van der Waals surface area contributed by atoms with Crippen molar-refractivity contribution >= 4 is 32.6 Å². The molecule has 0 aliphatic rings. The molecular weight excluding hydrogens is 334 g/mol. The van der Waals surface area contributed by atoms with Crippen LogP contribution in [0.5, 0.6) is 0 Å². The molecule has 0 atom stereocenters. The summed E-state index contributed by atoms with van der Waals surface area (Å²) in [5, 5.41) is 0.696. The normalized spacial score (nSPS) is 11.2. The van der Waals surface area contributed by atoms with Crippen molar-refractivity contribution in [2.45, 2.75) is 13.8 Å². The number of anilines is 1. The first-order valence-electron chi connectivity index (χ1n) is 8.06. The van der Waals surface area contributed by atoms with Crippen molar-refractivity contribution < 1.29 is 4.79 Å². The van der Waals surface area contributed by atoms with Crippen molar-refractivity contribution in [1.29, 1.82) is 0 Å². The fraction of sp³-hybridized carbons (Fsp3) is 0.333. The van der Waals surface area contributed by atoms with Gasteiger partial charge < -0.3 is 4.90 Å². The van der Waals surface area contributed by atoms with Crippen molar-refractivity contribution in [3.63, 3.8) is 0 Å². The van der Waals surface area contributed by atoms with Gasteiger partial charge in [0.15, 0.2) is 5.13 Å². The van der Waals surface area contributed by atoms with E-state index in [2.05, 4.69) is 29.0 Å². The van der Waals surface area contributed by atoms with Crippen LogP contribution in [0.25, 0.3) is 10.2 Å². The Labute approximate surface area is 151 Å². The quantitative estimate of drug-likeness (QED) is 0.704. The molecule has 0 N–H and O–H groups in total. The Morgan fingerprint density at radius 2 is 1.96 bits per heavy atom. The van der Waals surface area contributed by atoms with Gasteiger partial charge in [-0.1, -0.05) is 17.4 Å². The smallest absolute Gasteiger partial charge is 0.280 e. The number of likely N-dealkylation sites (N-methyl/N-ethyl adjacent to an activating group) is 1. The van der Waals surface area contributed by atoms with Crippen LogP contribution in [0.15, 0.2) is 30.7 Å². The van der Waals surface area contributed by atoms with Crippen LogP contribution in [0.1, 0.15) is 21.6 Å². The molecule has 25 heavy (non-hydrogen) atoms. The number of rotatable bonds is 5.